The number of aromatic nitrogens is 3. The topological polar surface area (TPSA) is 74.1 Å². The molecule has 29 heavy (non-hydrogen) atoms. The Hall–Kier alpha value is -3.80. The number of benzene rings is 2. The summed E-state index contributed by atoms with van der Waals surface area (Å²) in [5.74, 6) is -0.552. The van der Waals surface area contributed by atoms with E-state index >= 15 is 0 Å². The predicted molar refractivity (Wildman–Crippen MR) is 111 cm³/mol. The number of allylic oxidation sites excluding steroid dienone is 1. The van der Waals surface area contributed by atoms with Crippen LogP contribution < -0.4 is 0 Å². The molecule has 0 N–H and O–H groups in total. The van der Waals surface area contributed by atoms with Crippen molar-refractivity contribution in [2.24, 2.45) is 0 Å². The van der Waals surface area contributed by atoms with Crippen molar-refractivity contribution in [3.8, 4) is 5.69 Å². The molecule has 0 aliphatic heterocycles. The van der Waals surface area contributed by atoms with Crippen LogP contribution in [0.3, 0.4) is 0 Å². The first-order valence-electron chi connectivity index (χ1n) is 9.06. The average molecular weight is 387 g/mol. The van der Waals surface area contributed by atoms with Crippen molar-refractivity contribution in [1.82, 2.24) is 15.0 Å². The van der Waals surface area contributed by atoms with E-state index in [9.17, 15) is 9.59 Å². The zero-order valence-electron chi connectivity index (χ0n) is 16.3. The second-order valence-electron chi connectivity index (χ2n) is 6.67. The standard InChI is InChI=1S/C23H21N3O3/c1-16(2)23(28)29-15-20-14-26(25-24-20)21-11-9-19(10-12-21)22(27)13-8-18-6-4-17(3)5-7-18/h4-14H,1,15H2,2-3H3/b13-8+. The monoisotopic (exact) mass is 387 g/mol. The summed E-state index contributed by atoms with van der Waals surface area (Å²) in [6.45, 7) is 7.15. The van der Waals surface area contributed by atoms with Crippen LogP contribution in [0.1, 0.15) is 34.1 Å². The minimum absolute atomic E-state index is 0.0199. The molecule has 0 unspecified atom stereocenters. The maximum Gasteiger partial charge on any atom is 0.333 e. The zero-order valence-corrected chi connectivity index (χ0v) is 16.3. The highest BCUT2D eigenvalue weighted by Crippen LogP contribution is 2.12. The average Bonchev–Trinajstić information content (AvgIpc) is 3.20. The van der Waals surface area contributed by atoms with E-state index in [1.165, 1.54) is 5.56 Å². The van der Waals surface area contributed by atoms with Crippen molar-refractivity contribution in [3.63, 3.8) is 0 Å². The molecule has 0 atom stereocenters. The number of hydrogen-bond acceptors (Lipinski definition) is 5. The van der Waals surface area contributed by atoms with Crippen molar-refractivity contribution in [2.45, 2.75) is 20.5 Å². The van der Waals surface area contributed by atoms with E-state index < -0.39 is 5.97 Å². The normalized spacial score (nSPS) is 10.8. The number of ether oxygens (including phenoxy) is 1. The number of carbonyl (C=O) groups is 2. The number of hydrogen-bond donors (Lipinski definition) is 0. The van der Waals surface area contributed by atoms with Gasteiger partial charge in [0.2, 0.25) is 0 Å². The summed E-state index contributed by atoms with van der Waals surface area (Å²) in [7, 11) is 0. The molecular weight excluding hydrogens is 366 g/mol. The fourth-order valence-electron chi connectivity index (χ4n) is 2.48. The molecule has 0 bridgehead atoms. The van der Waals surface area contributed by atoms with Crippen molar-refractivity contribution in [2.75, 3.05) is 0 Å². The summed E-state index contributed by atoms with van der Waals surface area (Å²) in [5.41, 5.74) is 4.31. The van der Waals surface area contributed by atoms with Crippen LogP contribution in [0, 0.1) is 6.92 Å². The number of nitrogens with zero attached hydrogens (tertiary/aromatic N) is 3. The summed E-state index contributed by atoms with van der Waals surface area (Å²) >= 11 is 0. The Kier molecular flexibility index (Phi) is 6.14. The van der Waals surface area contributed by atoms with Gasteiger partial charge in [-0.15, -0.1) is 5.10 Å². The van der Waals surface area contributed by atoms with Gasteiger partial charge >= 0.3 is 5.97 Å². The molecule has 0 amide bonds. The van der Waals surface area contributed by atoms with Crippen LogP contribution >= 0.6 is 0 Å². The molecule has 0 saturated carbocycles. The lowest BCUT2D eigenvalue weighted by molar-refractivity contribution is -0.140. The summed E-state index contributed by atoms with van der Waals surface area (Å²) in [6.07, 6.45) is 5.02. The third-order valence-electron chi connectivity index (χ3n) is 4.16. The van der Waals surface area contributed by atoms with Gasteiger partial charge in [0.25, 0.3) is 0 Å². The summed E-state index contributed by atoms with van der Waals surface area (Å²) in [6, 6.07) is 15.0. The smallest absolute Gasteiger partial charge is 0.333 e. The Morgan fingerprint density at radius 3 is 2.45 bits per heavy atom. The largest absolute Gasteiger partial charge is 0.456 e. The lowest BCUT2D eigenvalue weighted by Gasteiger charge is -2.02. The Balaban J connectivity index is 1.64. The summed E-state index contributed by atoms with van der Waals surface area (Å²) in [4.78, 5) is 23.8. The third-order valence-corrected chi connectivity index (χ3v) is 4.16. The molecule has 0 saturated heterocycles. The third kappa shape index (κ3) is 5.35. The van der Waals surface area contributed by atoms with Crippen LogP contribution in [0.4, 0.5) is 0 Å². The van der Waals surface area contributed by atoms with Crippen molar-refractivity contribution in [1.29, 1.82) is 0 Å². The molecule has 0 radical (unpaired) electrons. The van der Waals surface area contributed by atoms with Gasteiger partial charge in [-0.1, -0.05) is 47.7 Å². The van der Waals surface area contributed by atoms with E-state index in [-0.39, 0.29) is 12.4 Å². The molecule has 6 nitrogen and oxygen atoms in total. The van der Waals surface area contributed by atoms with Gasteiger partial charge < -0.3 is 4.74 Å². The Morgan fingerprint density at radius 1 is 1.10 bits per heavy atom. The molecule has 2 aromatic carbocycles. The van der Waals surface area contributed by atoms with Gasteiger partial charge in [0.15, 0.2) is 5.78 Å². The van der Waals surface area contributed by atoms with Crippen LogP contribution in [0.15, 0.2) is 73.0 Å². The molecule has 1 heterocycles. The Bertz CT molecular complexity index is 1060. The van der Waals surface area contributed by atoms with E-state index in [0.717, 1.165) is 11.3 Å². The quantitative estimate of drug-likeness (QED) is 0.347. The van der Waals surface area contributed by atoms with E-state index in [4.69, 9.17) is 4.74 Å². The van der Waals surface area contributed by atoms with Crippen LogP contribution in [0.2, 0.25) is 0 Å². The highest BCUT2D eigenvalue weighted by molar-refractivity contribution is 6.06. The molecule has 6 heteroatoms. The Morgan fingerprint density at radius 2 is 1.79 bits per heavy atom. The number of aryl methyl sites for hydroxylation is 1. The molecule has 0 fully saturated rings. The fourth-order valence-corrected chi connectivity index (χ4v) is 2.48. The van der Waals surface area contributed by atoms with Crippen LogP contribution in [0.5, 0.6) is 0 Å². The fraction of sp³-hybridized carbons (Fsp3) is 0.130. The molecule has 3 rings (SSSR count). The molecular formula is C23H21N3O3. The van der Waals surface area contributed by atoms with Gasteiger partial charge in [0.05, 0.1) is 11.9 Å². The number of carbonyl (C=O) groups excluding carboxylic acids is 2. The van der Waals surface area contributed by atoms with Crippen LogP contribution in [-0.2, 0) is 16.1 Å². The first-order valence-corrected chi connectivity index (χ1v) is 9.06. The SMILES string of the molecule is C=C(C)C(=O)OCc1cn(-c2ccc(C(=O)/C=C/c3ccc(C)cc3)cc2)nn1. The van der Waals surface area contributed by atoms with Crippen molar-refractivity contribution >= 4 is 17.8 Å². The van der Waals surface area contributed by atoms with Crippen molar-refractivity contribution in [3.05, 3.63) is 95.3 Å². The maximum atomic E-state index is 12.4. The van der Waals surface area contributed by atoms with Gasteiger partial charge in [-0.3, -0.25) is 4.79 Å². The predicted octanol–water partition coefficient (Wildman–Crippen LogP) is 4.09. The number of ketones is 1. The molecule has 0 aliphatic rings. The Labute approximate surface area is 169 Å². The van der Waals surface area contributed by atoms with Crippen molar-refractivity contribution < 1.29 is 14.3 Å². The molecule has 1 aromatic heterocycles. The van der Waals surface area contributed by atoms with E-state index in [0.29, 0.717) is 16.8 Å². The lowest BCUT2D eigenvalue weighted by Crippen LogP contribution is -2.04. The molecule has 3 aromatic rings. The first kappa shape index (κ1) is 19.9. The van der Waals surface area contributed by atoms with Gasteiger partial charge in [-0.2, -0.15) is 0 Å². The molecule has 146 valence electrons. The highest BCUT2D eigenvalue weighted by atomic mass is 16.5. The number of rotatable bonds is 7. The van der Waals surface area contributed by atoms with E-state index in [1.54, 1.807) is 54.2 Å². The van der Waals surface area contributed by atoms with E-state index in [2.05, 4.69) is 16.9 Å². The minimum atomic E-state index is -0.471. The second-order valence-corrected chi connectivity index (χ2v) is 6.67. The molecule has 0 aliphatic carbocycles. The minimum Gasteiger partial charge on any atom is -0.456 e. The van der Waals surface area contributed by atoms with Crippen LogP contribution in [-0.4, -0.2) is 26.7 Å². The number of esters is 1. The maximum absolute atomic E-state index is 12.4. The summed E-state index contributed by atoms with van der Waals surface area (Å²) < 4.78 is 6.61. The first-order chi connectivity index (χ1) is 13.9. The summed E-state index contributed by atoms with van der Waals surface area (Å²) in [5, 5.41) is 8.00. The second kappa shape index (κ2) is 8.93. The van der Waals surface area contributed by atoms with Gasteiger partial charge in [-0.25, -0.2) is 9.48 Å². The zero-order chi connectivity index (χ0) is 20.8. The van der Waals surface area contributed by atoms with E-state index in [1.807, 2.05) is 31.2 Å². The van der Waals surface area contributed by atoms with Gasteiger partial charge in [0.1, 0.15) is 12.3 Å². The highest BCUT2D eigenvalue weighted by Gasteiger charge is 2.08. The van der Waals surface area contributed by atoms with Crippen LogP contribution in [0.25, 0.3) is 11.8 Å². The van der Waals surface area contributed by atoms with Gasteiger partial charge in [0, 0.05) is 11.1 Å². The molecule has 0 spiro atoms. The lowest BCUT2D eigenvalue weighted by atomic mass is 10.1. The van der Waals surface area contributed by atoms with Gasteiger partial charge in [-0.05, 0) is 49.8 Å².